The van der Waals surface area contributed by atoms with Crippen LogP contribution in [0.1, 0.15) is 19.4 Å². The quantitative estimate of drug-likeness (QED) is 0.339. The Bertz CT molecular complexity index is 1160. The average molecular weight is 430 g/mol. The first kappa shape index (κ1) is 21.1. The molecule has 4 aromatic rings. The van der Waals surface area contributed by atoms with Gasteiger partial charge in [-0.25, -0.2) is 4.98 Å². The summed E-state index contributed by atoms with van der Waals surface area (Å²) in [7, 11) is 0. The van der Waals surface area contributed by atoms with Gasteiger partial charge in [-0.1, -0.05) is 56.3 Å². The van der Waals surface area contributed by atoms with Crippen LogP contribution >= 0.6 is 11.3 Å². The van der Waals surface area contributed by atoms with E-state index in [0.29, 0.717) is 5.82 Å². The number of nitrogens with zero attached hydrogens (tertiary/aromatic N) is 2. The molecule has 2 aromatic heterocycles. The maximum atomic E-state index is 6.30. The number of pyridine rings is 1. The lowest BCUT2D eigenvalue weighted by Gasteiger charge is -2.14. The summed E-state index contributed by atoms with van der Waals surface area (Å²) in [5.41, 5.74) is 9.61. The molecule has 0 radical (unpaired) electrons. The second-order valence-corrected chi connectivity index (χ2v) is 8.16. The smallest absolute Gasteiger partial charge is 0.132 e. The standard InChI is InChI=1S/C26H27N3OS/c1-3-29(4-2)16-8-9-20-17-28-26(27)24-23(18-31-25(20)24)19-12-14-22(15-13-19)30-21-10-6-5-7-11-21/h5-15,17-18H,3-4,16H2,1-2H3,(H2,27,28)/b9-8+. The van der Waals surface area contributed by atoms with E-state index in [9.17, 15) is 0 Å². The van der Waals surface area contributed by atoms with Crippen molar-refractivity contribution in [1.82, 2.24) is 9.88 Å². The van der Waals surface area contributed by atoms with Crippen LogP contribution in [0.15, 0.2) is 72.3 Å². The van der Waals surface area contributed by atoms with Gasteiger partial charge in [-0.15, -0.1) is 11.3 Å². The zero-order valence-electron chi connectivity index (χ0n) is 17.9. The summed E-state index contributed by atoms with van der Waals surface area (Å²) >= 11 is 1.71. The molecule has 31 heavy (non-hydrogen) atoms. The van der Waals surface area contributed by atoms with Crippen LogP contribution in [-0.2, 0) is 0 Å². The molecule has 0 aliphatic carbocycles. The third kappa shape index (κ3) is 4.79. The predicted molar refractivity (Wildman–Crippen MR) is 133 cm³/mol. The topological polar surface area (TPSA) is 51.4 Å². The molecule has 0 atom stereocenters. The molecule has 4 nitrogen and oxygen atoms in total. The van der Waals surface area contributed by atoms with Crippen molar-refractivity contribution in [2.45, 2.75) is 13.8 Å². The van der Waals surface area contributed by atoms with Crippen molar-refractivity contribution in [1.29, 1.82) is 0 Å². The zero-order chi connectivity index (χ0) is 21.6. The first-order chi connectivity index (χ1) is 15.2. The molecule has 4 rings (SSSR count). The molecule has 0 aliphatic rings. The highest BCUT2D eigenvalue weighted by Crippen LogP contribution is 2.39. The predicted octanol–water partition coefficient (Wildman–Crippen LogP) is 6.69. The molecule has 5 heteroatoms. The maximum Gasteiger partial charge on any atom is 0.132 e. The van der Waals surface area contributed by atoms with Gasteiger partial charge in [-0.3, -0.25) is 0 Å². The Morgan fingerprint density at radius 1 is 1.00 bits per heavy atom. The molecule has 0 unspecified atom stereocenters. The van der Waals surface area contributed by atoms with E-state index < -0.39 is 0 Å². The van der Waals surface area contributed by atoms with Crippen LogP contribution in [0.2, 0.25) is 0 Å². The van der Waals surface area contributed by atoms with Crippen LogP contribution < -0.4 is 10.5 Å². The van der Waals surface area contributed by atoms with Gasteiger partial charge < -0.3 is 15.4 Å². The number of fused-ring (bicyclic) bond motifs is 1. The van der Waals surface area contributed by atoms with Crippen LogP contribution in [0.3, 0.4) is 0 Å². The monoisotopic (exact) mass is 429 g/mol. The minimum atomic E-state index is 0.566. The van der Waals surface area contributed by atoms with Crippen molar-refractivity contribution in [2.24, 2.45) is 0 Å². The lowest BCUT2D eigenvalue weighted by molar-refractivity contribution is 0.338. The van der Waals surface area contributed by atoms with Crippen molar-refractivity contribution in [3.63, 3.8) is 0 Å². The molecule has 0 amide bonds. The van der Waals surface area contributed by atoms with Crippen molar-refractivity contribution < 1.29 is 4.74 Å². The van der Waals surface area contributed by atoms with Crippen LogP contribution in [0, 0.1) is 0 Å². The Morgan fingerprint density at radius 2 is 1.71 bits per heavy atom. The molecule has 0 saturated carbocycles. The van der Waals surface area contributed by atoms with Gasteiger partial charge in [0, 0.05) is 34.0 Å². The van der Waals surface area contributed by atoms with E-state index in [-0.39, 0.29) is 0 Å². The number of nitrogens with two attached hydrogens (primary N) is 1. The molecule has 2 aromatic carbocycles. The Morgan fingerprint density at radius 3 is 2.42 bits per heavy atom. The number of anilines is 1. The lowest BCUT2D eigenvalue weighted by atomic mass is 10.0. The zero-order valence-corrected chi connectivity index (χ0v) is 18.7. The number of rotatable bonds is 8. The van der Waals surface area contributed by atoms with Crippen LogP contribution in [0.4, 0.5) is 5.82 Å². The Hall–Kier alpha value is -3.15. The van der Waals surface area contributed by atoms with Crippen LogP contribution in [0.5, 0.6) is 11.5 Å². The fraction of sp³-hybridized carbons (Fsp3) is 0.192. The van der Waals surface area contributed by atoms with Crippen molar-refractivity contribution in [3.05, 3.63) is 77.8 Å². The number of ether oxygens (including phenoxy) is 1. The molecule has 0 bridgehead atoms. The van der Waals surface area contributed by atoms with Crippen LogP contribution in [0.25, 0.3) is 27.3 Å². The largest absolute Gasteiger partial charge is 0.457 e. The maximum absolute atomic E-state index is 6.30. The van der Waals surface area contributed by atoms with E-state index >= 15 is 0 Å². The van der Waals surface area contributed by atoms with E-state index in [0.717, 1.165) is 53.2 Å². The number of hydrogen-bond acceptors (Lipinski definition) is 5. The number of likely N-dealkylation sites (N-methyl/N-ethyl adjacent to an activating group) is 1. The van der Waals surface area contributed by atoms with Gasteiger partial charge >= 0.3 is 0 Å². The molecule has 0 aliphatic heterocycles. The van der Waals surface area contributed by atoms with Crippen molar-refractivity contribution in [3.8, 4) is 22.6 Å². The summed E-state index contributed by atoms with van der Waals surface area (Å²) in [5.74, 6) is 2.20. The second-order valence-electron chi connectivity index (χ2n) is 7.28. The molecular formula is C26H27N3OS. The average Bonchev–Trinajstić information content (AvgIpc) is 3.26. The number of hydrogen-bond donors (Lipinski definition) is 1. The molecular weight excluding hydrogens is 402 g/mol. The van der Waals surface area contributed by atoms with Gasteiger partial charge in [0.1, 0.15) is 17.3 Å². The highest BCUT2D eigenvalue weighted by atomic mass is 32.1. The summed E-state index contributed by atoms with van der Waals surface area (Å²) in [6, 6.07) is 17.9. The molecule has 0 saturated heterocycles. The molecule has 0 spiro atoms. The van der Waals surface area contributed by atoms with E-state index in [1.807, 2.05) is 48.7 Å². The minimum Gasteiger partial charge on any atom is -0.457 e. The van der Waals surface area contributed by atoms with Gasteiger partial charge in [0.05, 0.1) is 0 Å². The SMILES string of the molecule is CCN(CC)C/C=C/c1cnc(N)c2c(-c3ccc(Oc4ccccc4)cc3)csc12. The first-order valence-electron chi connectivity index (χ1n) is 10.6. The van der Waals surface area contributed by atoms with Gasteiger partial charge in [0.25, 0.3) is 0 Å². The number of nitrogen functional groups attached to an aromatic ring is 1. The highest BCUT2D eigenvalue weighted by molar-refractivity contribution is 7.18. The molecule has 2 heterocycles. The van der Waals surface area contributed by atoms with E-state index in [1.165, 1.54) is 4.70 Å². The van der Waals surface area contributed by atoms with Gasteiger partial charge in [-0.2, -0.15) is 0 Å². The fourth-order valence-corrected chi connectivity index (χ4v) is 4.63. The van der Waals surface area contributed by atoms with Crippen LogP contribution in [-0.4, -0.2) is 29.5 Å². The minimum absolute atomic E-state index is 0.566. The third-order valence-corrected chi connectivity index (χ3v) is 6.38. The van der Waals surface area contributed by atoms with E-state index in [4.69, 9.17) is 10.5 Å². The number of aromatic nitrogens is 1. The summed E-state index contributed by atoms with van der Waals surface area (Å²) in [5, 5.41) is 3.18. The number of para-hydroxylation sites is 1. The van der Waals surface area contributed by atoms with Gasteiger partial charge in [0.2, 0.25) is 0 Å². The molecule has 2 N–H and O–H groups in total. The Balaban J connectivity index is 1.60. The molecule has 158 valence electrons. The summed E-state index contributed by atoms with van der Waals surface area (Å²) in [6.45, 7) is 7.39. The summed E-state index contributed by atoms with van der Waals surface area (Å²) < 4.78 is 7.08. The molecule has 0 fully saturated rings. The normalized spacial score (nSPS) is 11.6. The summed E-state index contributed by atoms with van der Waals surface area (Å²) in [4.78, 5) is 6.84. The third-order valence-electron chi connectivity index (χ3n) is 5.35. The summed E-state index contributed by atoms with van der Waals surface area (Å²) in [6.07, 6.45) is 6.23. The second kappa shape index (κ2) is 9.77. The van der Waals surface area contributed by atoms with E-state index in [1.54, 1.807) is 11.3 Å². The Labute approximate surface area is 187 Å². The highest BCUT2D eigenvalue weighted by Gasteiger charge is 2.13. The first-order valence-corrected chi connectivity index (χ1v) is 11.5. The Kier molecular flexibility index (Phi) is 6.65. The number of benzene rings is 2. The van der Waals surface area contributed by atoms with Crippen molar-refractivity contribution >= 4 is 33.3 Å². The van der Waals surface area contributed by atoms with Gasteiger partial charge in [0.15, 0.2) is 0 Å². The lowest BCUT2D eigenvalue weighted by Crippen LogP contribution is -2.22. The number of thiophene rings is 1. The fourth-order valence-electron chi connectivity index (χ4n) is 3.56. The van der Waals surface area contributed by atoms with Gasteiger partial charge in [-0.05, 0) is 48.3 Å². The van der Waals surface area contributed by atoms with E-state index in [2.05, 4.69) is 53.4 Å². The van der Waals surface area contributed by atoms with Crippen molar-refractivity contribution in [2.75, 3.05) is 25.4 Å².